The van der Waals surface area contributed by atoms with Gasteiger partial charge < -0.3 is 15.2 Å². The molecule has 1 amide bonds. The molecule has 31 heavy (non-hydrogen) atoms. The zero-order valence-corrected chi connectivity index (χ0v) is 17.6. The van der Waals surface area contributed by atoms with E-state index in [-0.39, 0.29) is 12.6 Å². The van der Waals surface area contributed by atoms with Crippen LogP contribution in [0.5, 0.6) is 0 Å². The molecule has 0 saturated carbocycles. The molecule has 0 aliphatic heterocycles. The fourth-order valence-electron chi connectivity index (χ4n) is 3.57. The van der Waals surface area contributed by atoms with Gasteiger partial charge in [-0.1, -0.05) is 72.8 Å². The molecule has 0 aliphatic carbocycles. The van der Waals surface area contributed by atoms with E-state index in [1.165, 1.54) is 0 Å². The third kappa shape index (κ3) is 6.55. The number of carboxylic acid groups (broad SMARTS) is 1. The quantitative estimate of drug-likeness (QED) is 0.416. The number of carbonyl (C=O) groups is 2. The minimum absolute atomic E-state index is 0.129. The van der Waals surface area contributed by atoms with Crippen LogP contribution in [0.4, 0.5) is 4.79 Å². The van der Waals surface area contributed by atoms with E-state index in [9.17, 15) is 14.7 Å². The molecule has 0 aromatic heterocycles. The lowest BCUT2D eigenvalue weighted by molar-refractivity contribution is -0.139. The molecule has 3 rings (SSSR count). The van der Waals surface area contributed by atoms with Crippen LogP contribution in [-0.4, -0.2) is 29.8 Å². The summed E-state index contributed by atoms with van der Waals surface area (Å²) in [5, 5.41) is 17.7. The van der Waals surface area contributed by atoms with Gasteiger partial charge >= 0.3 is 12.1 Å². The number of hydrogen-bond donors (Lipinski definition) is 3. The average Bonchev–Trinajstić information content (AvgIpc) is 2.79. The van der Waals surface area contributed by atoms with Gasteiger partial charge in [0.1, 0.15) is 12.6 Å². The third-order valence-corrected chi connectivity index (χ3v) is 5.19. The molecular formula is C25H28N2O4. The first-order valence-electron chi connectivity index (χ1n) is 10.5. The van der Waals surface area contributed by atoms with E-state index in [0.29, 0.717) is 19.4 Å². The summed E-state index contributed by atoms with van der Waals surface area (Å²) < 4.78 is 5.16. The monoisotopic (exact) mass is 420 g/mol. The molecule has 0 radical (unpaired) electrons. The topological polar surface area (TPSA) is 87.7 Å². The smallest absolute Gasteiger partial charge is 0.407 e. The molecule has 162 valence electrons. The zero-order chi connectivity index (χ0) is 22.1. The highest BCUT2D eigenvalue weighted by Gasteiger charge is 2.21. The summed E-state index contributed by atoms with van der Waals surface area (Å²) in [7, 11) is 0. The number of hydrogen-bond acceptors (Lipinski definition) is 4. The van der Waals surface area contributed by atoms with Crippen molar-refractivity contribution >= 4 is 22.8 Å². The maximum atomic E-state index is 11.8. The minimum atomic E-state index is -0.904. The fraction of sp³-hybridized carbons (Fsp3) is 0.280. The van der Waals surface area contributed by atoms with E-state index in [2.05, 4.69) is 10.6 Å². The lowest BCUT2D eigenvalue weighted by atomic mass is 9.98. The number of benzene rings is 3. The van der Waals surface area contributed by atoms with E-state index < -0.39 is 18.1 Å². The van der Waals surface area contributed by atoms with Crippen molar-refractivity contribution in [3.05, 3.63) is 83.9 Å². The summed E-state index contributed by atoms with van der Waals surface area (Å²) in [5.74, 6) is -0.904. The highest BCUT2D eigenvalue weighted by molar-refractivity contribution is 5.86. The Morgan fingerprint density at radius 1 is 0.968 bits per heavy atom. The number of nitrogens with one attached hydrogen (secondary N) is 2. The van der Waals surface area contributed by atoms with Gasteiger partial charge in [0, 0.05) is 12.6 Å². The number of carboxylic acids is 1. The molecule has 0 saturated heterocycles. The fourth-order valence-corrected chi connectivity index (χ4v) is 3.57. The summed E-state index contributed by atoms with van der Waals surface area (Å²) in [5.41, 5.74) is 1.97. The highest BCUT2D eigenvalue weighted by Crippen LogP contribution is 2.24. The van der Waals surface area contributed by atoms with Gasteiger partial charge in [0.2, 0.25) is 0 Å². The van der Waals surface area contributed by atoms with Crippen LogP contribution in [0.25, 0.3) is 10.8 Å². The number of carbonyl (C=O) groups excluding carboxylic acids is 1. The molecule has 3 aromatic rings. The molecule has 3 aromatic carbocycles. The first-order valence-corrected chi connectivity index (χ1v) is 10.5. The standard InChI is InChI=1S/C25H28N2O4/c1-18(21-14-7-12-20-11-5-6-13-22(20)21)27-23(24(28)29)15-8-16-26-25(30)31-17-19-9-3-2-4-10-19/h2-7,9-14,18,23,27H,8,15-17H2,1H3,(H,26,30)(H,28,29)/t18?,23-/m1/s1. The number of amides is 1. The SMILES string of the molecule is CC(N[C@H](CCCNC(=O)OCc1ccccc1)C(=O)O)c1cccc2ccccc12. The number of fused-ring (bicyclic) bond motifs is 1. The maximum Gasteiger partial charge on any atom is 0.407 e. The molecule has 6 nitrogen and oxygen atoms in total. The van der Waals surface area contributed by atoms with Crippen molar-refractivity contribution in [3.63, 3.8) is 0 Å². The van der Waals surface area contributed by atoms with Crippen molar-refractivity contribution in [3.8, 4) is 0 Å². The first-order chi connectivity index (χ1) is 15.0. The molecular weight excluding hydrogens is 392 g/mol. The van der Waals surface area contributed by atoms with Crippen molar-refractivity contribution in [2.45, 2.75) is 38.5 Å². The van der Waals surface area contributed by atoms with Crippen molar-refractivity contribution in [1.82, 2.24) is 10.6 Å². The normalized spacial score (nSPS) is 12.8. The maximum absolute atomic E-state index is 11.8. The number of rotatable bonds is 10. The van der Waals surface area contributed by atoms with Gasteiger partial charge in [-0.2, -0.15) is 0 Å². The Kier molecular flexibility index (Phi) is 8.01. The molecule has 3 N–H and O–H groups in total. The number of ether oxygens (including phenoxy) is 1. The molecule has 0 spiro atoms. The van der Waals surface area contributed by atoms with Crippen molar-refractivity contribution in [2.24, 2.45) is 0 Å². The second-order valence-corrected chi connectivity index (χ2v) is 7.48. The van der Waals surface area contributed by atoms with Gasteiger partial charge in [0.15, 0.2) is 0 Å². The second-order valence-electron chi connectivity index (χ2n) is 7.48. The van der Waals surface area contributed by atoms with Crippen LogP contribution in [-0.2, 0) is 16.1 Å². The molecule has 0 fully saturated rings. The summed E-state index contributed by atoms with van der Waals surface area (Å²) in [6.07, 6.45) is 0.406. The zero-order valence-electron chi connectivity index (χ0n) is 17.6. The number of alkyl carbamates (subject to hydrolysis) is 1. The van der Waals surface area contributed by atoms with Gasteiger partial charge in [0.05, 0.1) is 0 Å². The Bertz CT molecular complexity index is 1000. The van der Waals surface area contributed by atoms with Gasteiger partial charge in [0.25, 0.3) is 0 Å². The van der Waals surface area contributed by atoms with Crippen LogP contribution in [0.1, 0.15) is 36.9 Å². The molecule has 0 bridgehead atoms. The third-order valence-electron chi connectivity index (χ3n) is 5.19. The lowest BCUT2D eigenvalue weighted by Gasteiger charge is -2.22. The Morgan fingerprint density at radius 2 is 1.68 bits per heavy atom. The van der Waals surface area contributed by atoms with Crippen molar-refractivity contribution < 1.29 is 19.4 Å². The van der Waals surface area contributed by atoms with Crippen LogP contribution in [0.2, 0.25) is 0 Å². The number of aliphatic carboxylic acids is 1. The predicted octanol–water partition coefficient (Wildman–Crippen LogP) is 4.65. The molecule has 0 aliphatic rings. The average molecular weight is 421 g/mol. The van der Waals surface area contributed by atoms with E-state index in [4.69, 9.17) is 4.74 Å². The highest BCUT2D eigenvalue weighted by atomic mass is 16.5. The van der Waals surface area contributed by atoms with E-state index >= 15 is 0 Å². The molecule has 6 heteroatoms. The minimum Gasteiger partial charge on any atom is -0.480 e. The van der Waals surface area contributed by atoms with Crippen LogP contribution in [0.15, 0.2) is 72.8 Å². The Labute approximate surface area is 182 Å². The van der Waals surface area contributed by atoms with Crippen LogP contribution >= 0.6 is 0 Å². The summed E-state index contributed by atoms with van der Waals surface area (Å²) >= 11 is 0. The lowest BCUT2D eigenvalue weighted by Crippen LogP contribution is -2.39. The second kappa shape index (κ2) is 11.1. The van der Waals surface area contributed by atoms with E-state index in [0.717, 1.165) is 21.9 Å². The summed E-state index contributed by atoms with van der Waals surface area (Å²) in [6, 6.07) is 22.7. The Balaban J connectivity index is 1.46. The van der Waals surface area contributed by atoms with E-state index in [1.54, 1.807) is 0 Å². The van der Waals surface area contributed by atoms with Crippen LogP contribution < -0.4 is 10.6 Å². The summed E-state index contributed by atoms with van der Waals surface area (Å²) in [6.45, 7) is 2.52. The van der Waals surface area contributed by atoms with Gasteiger partial charge in [-0.15, -0.1) is 0 Å². The Hall–Kier alpha value is -3.38. The molecule has 1 unspecified atom stereocenters. The van der Waals surface area contributed by atoms with E-state index in [1.807, 2.05) is 79.7 Å². The first kappa shape index (κ1) is 22.3. The van der Waals surface area contributed by atoms with Gasteiger partial charge in [-0.3, -0.25) is 10.1 Å². The van der Waals surface area contributed by atoms with Crippen molar-refractivity contribution in [1.29, 1.82) is 0 Å². The van der Waals surface area contributed by atoms with Crippen LogP contribution in [0.3, 0.4) is 0 Å². The van der Waals surface area contributed by atoms with Crippen molar-refractivity contribution in [2.75, 3.05) is 6.54 Å². The predicted molar refractivity (Wildman–Crippen MR) is 121 cm³/mol. The molecule has 2 atom stereocenters. The summed E-state index contributed by atoms with van der Waals surface area (Å²) in [4.78, 5) is 23.6. The Morgan fingerprint density at radius 3 is 2.45 bits per heavy atom. The largest absolute Gasteiger partial charge is 0.480 e. The van der Waals surface area contributed by atoms with Crippen LogP contribution in [0, 0.1) is 0 Å². The molecule has 0 heterocycles. The van der Waals surface area contributed by atoms with Gasteiger partial charge in [-0.25, -0.2) is 4.79 Å². The van der Waals surface area contributed by atoms with Gasteiger partial charge in [-0.05, 0) is 41.7 Å².